The van der Waals surface area contributed by atoms with Crippen LogP contribution in [-0.4, -0.2) is 14.8 Å². The molecule has 0 spiro atoms. The lowest BCUT2D eigenvalue weighted by molar-refractivity contribution is 0.764. The Morgan fingerprint density at radius 1 is 1.43 bits per heavy atom. The van der Waals surface area contributed by atoms with Gasteiger partial charge >= 0.3 is 0 Å². The lowest BCUT2D eigenvalue weighted by Gasteiger charge is -2.03. The van der Waals surface area contributed by atoms with Crippen molar-refractivity contribution < 1.29 is 0 Å². The third-order valence-electron chi connectivity index (χ3n) is 1.91. The predicted octanol–water partition coefficient (Wildman–Crippen LogP) is 3.00. The average molecular weight is 248 g/mol. The highest BCUT2D eigenvalue weighted by Crippen LogP contribution is 2.24. The summed E-state index contributed by atoms with van der Waals surface area (Å²) in [5.41, 5.74) is 1.04. The summed E-state index contributed by atoms with van der Waals surface area (Å²) in [5.74, 6) is 0.789. The lowest BCUT2D eigenvalue weighted by Crippen LogP contribution is -2.01. The number of halogens is 2. The molecule has 74 valence electrons. The van der Waals surface area contributed by atoms with Crippen molar-refractivity contribution in [3.63, 3.8) is 0 Å². The maximum Gasteiger partial charge on any atom is 0.225 e. The number of thiophene rings is 1. The van der Waals surface area contributed by atoms with Crippen LogP contribution in [0.25, 0.3) is 0 Å². The highest BCUT2D eigenvalue weighted by Gasteiger charge is 2.09. The van der Waals surface area contributed by atoms with E-state index < -0.39 is 0 Å². The molecule has 0 saturated carbocycles. The molecule has 0 N–H and O–H groups in total. The fourth-order valence-corrected chi connectivity index (χ4v) is 2.27. The number of rotatable bonds is 2. The summed E-state index contributed by atoms with van der Waals surface area (Å²) in [7, 11) is 0. The topological polar surface area (TPSA) is 30.7 Å². The molecule has 0 bridgehead atoms. The number of aromatic nitrogens is 3. The van der Waals surface area contributed by atoms with E-state index in [1.54, 1.807) is 0 Å². The van der Waals surface area contributed by atoms with Crippen LogP contribution in [0.4, 0.5) is 0 Å². The first-order valence-electron chi connectivity index (χ1n) is 3.95. The minimum absolute atomic E-state index is 0.393. The molecule has 14 heavy (non-hydrogen) atoms. The molecule has 0 aliphatic rings. The molecule has 0 fully saturated rings. The summed E-state index contributed by atoms with van der Waals surface area (Å²) in [4.78, 5) is 0. The first-order valence-corrected chi connectivity index (χ1v) is 5.59. The fourth-order valence-electron chi connectivity index (χ4n) is 1.14. The summed E-state index contributed by atoms with van der Waals surface area (Å²) in [6.45, 7) is 2.49. The minimum atomic E-state index is 0.393. The molecule has 0 saturated heterocycles. The number of hydrogen-bond acceptors (Lipinski definition) is 3. The van der Waals surface area contributed by atoms with Crippen LogP contribution < -0.4 is 0 Å². The normalized spacial score (nSPS) is 10.8. The second kappa shape index (κ2) is 3.88. The minimum Gasteiger partial charge on any atom is -0.297 e. The van der Waals surface area contributed by atoms with Crippen molar-refractivity contribution in [1.82, 2.24) is 14.8 Å². The second-order valence-electron chi connectivity index (χ2n) is 2.82. The monoisotopic (exact) mass is 247 g/mol. The quantitative estimate of drug-likeness (QED) is 0.817. The molecule has 2 heterocycles. The zero-order valence-electron chi connectivity index (χ0n) is 7.37. The number of aryl methyl sites for hydroxylation is 1. The Kier molecular flexibility index (Phi) is 2.76. The van der Waals surface area contributed by atoms with Crippen LogP contribution in [0.1, 0.15) is 11.4 Å². The maximum atomic E-state index is 5.98. The van der Waals surface area contributed by atoms with Gasteiger partial charge in [0.05, 0.1) is 10.9 Å². The van der Waals surface area contributed by atoms with E-state index in [4.69, 9.17) is 23.2 Å². The van der Waals surface area contributed by atoms with E-state index >= 15 is 0 Å². The summed E-state index contributed by atoms with van der Waals surface area (Å²) in [6.07, 6.45) is 0. The van der Waals surface area contributed by atoms with Crippen molar-refractivity contribution in [1.29, 1.82) is 0 Å². The molecule has 0 aliphatic heterocycles. The molecular formula is C8H7Cl2N3S. The Bertz CT molecular complexity index is 430. The molecule has 2 aromatic rings. The molecule has 6 heteroatoms. The lowest BCUT2D eigenvalue weighted by atomic mass is 10.3. The Balaban J connectivity index is 2.31. The molecule has 0 radical (unpaired) electrons. The van der Waals surface area contributed by atoms with E-state index in [9.17, 15) is 0 Å². The smallest absolute Gasteiger partial charge is 0.225 e. The molecule has 3 nitrogen and oxygen atoms in total. The van der Waals surface area contributed by atoms with Gasteiger partial charge in [-0.15, -0.1) is 21.5 Å². The number of nitrogens with zero attached hydrogens (tertiary/aromatic N) is 3. The van der Waals surface area contributed by atoms with Crippen LogP contribution >= 0.6 is 34.5 Å². The van der Waals surface area contributed by atoms with Crippen molar-refractivity contribution in [3.05, 3.63) is 32.5 Å². The van der Waals surface area contributed by atoms with Crippen molar-refractivity contribution in [2.24, 2.45) is 0 Å². The van der Waals surface area contributed by atoms with Gasteiger partial charge in [-0.3, -0.25) is 4.57 Å². The van der Waals surface area contributed by atoms with Gasteiger partial charge in [-0.05, 0) is 30.0 Å². The Hall–Kier alpha value is -0.580. The summed E-state index contributed by atoms with van der Waals surface area (Å²) in [5, 5.41) is 9.98. The van der Waals surface area contributed by atoms with E-state index in [2.05, 4.69) is 10.2 Å². The maximum absolute atomic E-state index is 5.98. The van der Waals surface area contributed by atoms with Gasteiger partial charge in [-0.1, -0.05) is 11.6 Å². The van der Waals surface area contributed by atoms with Gasteiger partial charge < -0.3 is 0 Å². The molecule has 2 aromatic heterocycles. The molecule has 0 aliphatic carbocycles. The van der Waals surface area contributed by atoms with Crippen LogP contribution in [0.5, 0.6) is 0 Å². The van der Waals surface area contributed by atoms with Crippen molar-refractivity contribution in [2.45, 2.75) is 13.5 Å². The summed E-state index contributed by atoms with van der Waals surface area (Å²) < 4.78 is 2.60. The van der Waals surface area contributed by atoms with E-state index in [1.165, 1.54) is 11.3 Å². The zero-order chi connectivity index (χ0) is 10.1. The zero-order valence-corrected chi connectivity index (χ0v) is 9.70. The summed E-state index contributed by atoms with van der Waals surface area (Å²) in [6, 6.07) is 1.97. The molecule has 2 rings (SSSR count). The molecule has 0 atom stereocenters. The Morgan fingerprint density at radius 3 is 2.71 bits per heavy atom. The first kappa shape index (κ1) is 9.96. The van der Waals surface area contributed by atoms with Crippen LogP contribution in [-0.2, 0) is 6.54 Å². The Morgan fingerprint density at radius 2 is 2.21 bits per heavy atom. The van der Waals surface area contributed by atoms with E-state index in [0.29, 0.717) is 11.8 Å². The second-order valence-corrected chi connectivity index (χ2v) is 4.68. The first-order chi connectivity index (χ1) is 6.68. The average Bonchev–Trinajstić information content (AvgIpc) is 2.67. The van der Waals surface area contributed by atoms with Gasteiger partial charge in [0.1, 0.15) is 5.82 Å². The van der Waals surface area contributed by atoms with Crippen molar-refractivity contribution >= 4 is 34.5 Å². The van der Waals surface area contributed by atoms with Gasteiger partial charge in [0.2, 0.25) is 5.28 Å². The molecule has 0 amide bonds. The third kappa shape index (κ3) is 1.78. The van der Waals surface area contributed by atoms with Crippen LogP contribution in [0.3, 0.4) is 0 Å². The van der Waals surface area contributed by atoms with Gasteiger partial charge in [-0.25, -0.2) is 0 Å². The highest BCUT2D eigenvalue weighted by atomic mass is 35.5. The van der Waals surface area contributed by atoms with Crippen LogP contribution in [0.15, 0.2) is 11.4 Å². The van der Waals surface area contributed by atoms with E-state index in [-0.39, 0.29) is 0 Å². The van der Waals surface area contributed by atoms with Gasteiger partial charge in [0, 0.05) is 5.56 Å². The highest BCUT2D eigenvalue weighted by molar-refractivity contribution is 7.14. The van der Waals surface area contributed by atoms with Gasteiger partial charge in [0.25, 0.3) is 0 Å². The molecule has 0 aromatic carbocycles. The van der Waals surface area contributed by atoms with Crippen LogP contribution in [0, 0.1) is 6.92 Å². The predicted molar refractivity (Wildman–Crippen MR) is 58.2 cm³/mol. The summed E-state index contributed by atoms with van der Waals surface area (Å²) >= 11 is 13.4. The van der Waals surface area contributed by atoms with Gasteiger partial charge in [0.15, 0.2) is 0 Å². The number of hydrogen-bond donors (Lipinski definition) is 0. The third-order valence-corrected chi connectivity index (χ3v) is 3.44. The van der Waals surface area contributed by atoms with E-state index in [0.717, 1.165) is 15.7 Å². The van der Waals surface area contributed by atoms with Crippen LogP contribution in [0.2, 0.25) is 9.62 Å². The SMILES string of the molecule is Cc1nnc(Cl)n1Cc1ccsc1Cl. The van der Waals surface area contributed by atoms with Crippen molar-refractivity contribution in [2.75, 3.05) is 0 Å². The molecular weight excluding hydrogens is 241 g/mol. The van der Waals surface area contributed by atoms with Crippen molar-refractivity contribution in [3.8, 4) is 0 Å². The standard InChI is InChI=1S/C8H7Cl2N3S/c1-5-11-12-8(10)13(5)4-6-2-3-14-7(6)9/h2-3H,4H2,1H3. The largest absolute Gasteiger partial charge is 0.297 e. The fraction of sp³-hybridized carbons (Fsp3) is 0.250. The van der Waals surface area contributed by atoms with Gasteiger partial charge in [-0.2, -0.15) is 0 Å². The molecule has 0 unspecified atom stereocenters. The van der Waals surface area contributed by atoms with E-state index in [1.807, 2.05) is 22.9 Å². The Labute approximate surface area is 95.3 Å².